The maximum atomic E-state index is 12.8. The van der Waals surface area contributed by atoms with E-state index in [4.69, 9.17) is 17.0 Å². The highest BCUT2D eigenvalue weighted by Crippen LogP contribution is 2.20. The largest absolute Gasteiger partial charge is 0.489 e. The summed E-state index contributed by atoms with van der Waals surface area (Å²) in [5, 5.41) is 10.1. The second-order valence-electron chi connectivity index (χ2n) is 7.81. The molecule has 7 nitrogen and oxygen atoms in total. The van der Waals surface area contributed by atoms with Gasteiger partial charge in [-0.3, -0.25) is 19.4 Å². The van der Waals surface area contributed by atoms with Gasteiger partial charge in [0.05, 0.1) is 6.04 Å². The molecule has 1 unspecified atom stereocenters. The van der Waals surface area contributed by atoms with Gasteiger partial charge < -0.3 is 10.1 Å². The summed E-state index contributed by atoms with van der Waals surface area (Å²) in [5.41, 5.74) is 4.03. The summed E-state index contributed by atoms with van der Waals surface area (Å²) >= 11 is 5.35. The zero-order chi connectivity index (χ0) is 23.2. The molecule has 0 saturated heterocycles. The van der Waals surface area contributed by atoms with Gasteiger partial charge in [0.15, 0.2) is 10.6 Å². The van der Waals surface area contributed by atoms with E-state index >= 15 is 0 Å². The van der Waals surface area contributed by atoms with Crippen LogP contribution >= 0.6 is 12.2 Å². The highest BCUT2D eigenvalue weighted by molar-refractivity contribution is 7.71. The lowest BCUT2D eigenvalue weighted by molar-refractivity contribution is -0.122. The molecule has 33 heavy (non-hydrogen) atoms. The van der Waals surface area contributed by atoms with Crippen molar-refractivity contribution in [3.8, 4) is 17.1 Å². The standard InChI is InChI=1S/C25H25N5O2S/c1-17-5-7-21(8-6-17)24-28-29-25(33)30(24)15-23(31)27-18(2)20-9-11-22(12-10-20)32-16-19-4-3-13-26-14-19/h3-14,18H,15-16H2,1-2H3,(H,27,31)(H,29,33). The smallest absolute Gasteiger partial charge is 0.240 e. The maximum absolute atomic E-state index is 12.8. The maximum Gasteiger partial charge on any atom is 0.240 e. The predicted molar refractivity (Wildman–Crippen MR) is 129 cm³/mol. The Kier molecular flexibility index (Phi) is 6.95. The molecule has 2 N–H and O–H groups in total. The van der Waals surface area contributed by atoms with Crippen LogP contribution in [0.15, 0.2) is 73.1 Å². The van der Waals surface area contributed by atoms with Gasteiger partial charge in [-0.15, -0.1) is 0 Å². The average Bonchev–Trinajstić information content (AvgIpc) is 3.19. The number of amides is 1. The number of rotatable bonds is 8. The molecule has 1 atom stereocenters. The fraction of sp³-hybridized carbons (Fsp3) is 0.200. The fourth-order valence-electron chi connectivity index (χ4n) is 3.40. The molecule has 1 amide bonds. The number of aromatic amines is 1. The lowest BCUT2D eigenvalue weighted by atomic mass is 10.1. The molecular formula is C25H25N5O2S. The van der Waals surface area contributed by atoms with Gasteiger partial charge in [-0.1, -0.05) is 48.0 Å². The molecule has 0 bridgehead atoms. The van der Waals surface area contributed by atoms with Crippen LogP contribution in [0.3, 0.4) is 0 Å². The van der Waals surface area contributed by atoms with E-state index in [2.05, 4.69) is 20.5 Å². The first-order valence-corrected chi connectivity index (χ1v) is 11.0. The van der Waals surface area contributed by atoms with Crippen molar-refractivity contribution in [2.24, 2.45) is 0 Å². The summed E-state index contributed by atoms with van der Waals surface area (Å²) in [7, 11) is 0. The Bertz CT molecular complexity index is 1260. The quantitative estimate of drug-likeness (QED) is 0.371. The molecule has 0 aliphatic carbocycles. The van der Waals surface area contributed by atoms with Crippen LogP contribution in [0.25, 0.3) is 11.4 Å². The molecule has 2 aromatic carbocycles. The number of nitrogens with one attached hydrogen (secondary N) is 2. The Labute approximate surface area is 197 Å². The average molecular weight is 460 g/mol. The van der Waals surface area contributed by atoms with Gasteiger partial charge in [0.2, 0.25) is 5.91 Å². The molecule has 168 valence electrons. The zero-order valence-electron chi connectivity index (χ0n) is 18.5. The van der Waals surface area contributed by atoms with Gasteiger partial charge in [-0.2, -0.15) is 5.10 Å². The molecule has 0 saturated carbocycles. The van der Waals surface area contributed by atoms with E-state index in [0.717, 1.165) is 28.0 Å². The van der Waals surface area contributed by atoms with Crippen molar-refractivity contribution in [3.05, 3.63) is 94.5 Å². The third-order valence-corrected chi connectivity index (χ3v) is 5.57. The van der Waals surface area contributed by atoms with E-state index < -0.39 is 0 Å². The van der Waals surface area contributed by atoms with E-state index in [0.29, 0.717) is 17.2 Å². The first-order chi connectivity index (χ1) is 16.0. The summed E-state index contributed by atoms with van der Waals surface area (Å²) in [6, 6.07) is 19.3. The van der Waals surface area contributed by atoms with E-state index in [9.17, 15) is 4.79 Å². The van der Waals surface area contributed by atoms with Crippen LogP contribution < -0.4 is 10.1 Å². The second-order valence-corrected chi connectivity index (χ2v) is 8.20. The van der Waals surface area contributed by atoms with Crippen molar-refractivity contribution in [2.45, 2.75) is 33.0 Å². The van der Waals surface area contributed by atoms with Crippen LogP contribution in [-0.4, -0.2) is 25.7 Å². The number of pyridine rings is 1. The van der Waals surface area contributed by atoms with E-state index in [-0.39, 0.29) is 18.5 Å². The first-order valence-electron chi connectivity index (χ1n) is 10.6. The predicted octanol–water partition coefficient (Wildman–Crippen LogP) is 4.77. The summed E-state index contributed by atoms with van der Waals surface area (Å²) in [4.78, 5) is 16.8. The first kappa shape index (κ1) is 22.4. The number of carbonyl (C=O) groups excluding carboxylic acids is 1. The molecule has 4 aromatic rings. The van der Waals surface area contributed by atoms with Crippen molar-refractivity contribution in [1.29, 1.82) is 0 Å². The molecule has 0 aliphatic rings. The van der Waals surface area contributed by atoms with Crippen molar-refractivity contribution in [1.82, 2.24) is 25.1 Å². The fourth-order valence-corrected chi connectivity index (χ4v) is 3.60. The lowest BCUT2D eigenvalue weighted by Crippen LogP contribution is -2.30. The number of ether oxygens (including phenoxy) is 1. The minimum Gasteiger partial charge on any atom is -0.489 e. The molecule has 0 spiro atoms. The third kappa shape index (κ3) is 5.72. The monoisotopic (exact) mass is 459 g/mol. The Morgan fingerprint density at radius 2 is 1.91 bits per heavy atom. The topological polar surface area (TPSA) is 84.8 Å². The van der Waals surface area contributed by atoms with Gasteiger partial charge >= 0.3 is 0 Å². The van der Waals surface area contributed by atoms with Crippen molar-refractivity contribution in [2.75, 3.05) is 0 Å². The van der Waals surface area contributed by atoms with Crippen LogP contribution in [0, 0.1) is 11.7 Å². The molecule has 0 radical (unpaired) electrons. The summed E-state index contributed by atoms with van der Waals surface area (Å²) in [5.74, 6) is 1.25. The minimum atomic E-state index is -0.172. The normalized spacial score (nSPS) is 11.7. The Morgan fingerprint density at radius 3 is 2.61 bits per heavy atom. The summed E-state index contributed by atoms with van der Waals surface area (Å²) < 4.78 is 7.91. The number of aryl methyl sites for hydroxylation is 1. The van der Waals surface area contributed by atoms with Crippen LogP contribution in [0.2, 0.25) is 0 Å². The number of hydrogen-bond donors (Lipinski definition) is 2. The Balaban J connectivity index is 1.37. The Hall–Kier alpha value is -3.78. The van der Waals surface area contributed by atoms with E-state index in [1.165, 1.54) is 0 Å². The van der Waals surface area contributed by atoms with Gasteiger partial charge in [-0.25, -0.2) is 0 Å². The van der Waals surface area contributed by atoms with Crippen LogP contribution in [-0.2, 0) is 17.9 Å². The van der Waals surface area contributed by atoms with Gasteiger partial charge in [0, 0.05) is 23.5 Å². The third-order valence-electron chi connectivity index (χ3n) is 5.26. The van der Waals surface area contributed by atoms with Crippen LogP contribution in [0.1, 0.15) is 29.7 Å². The molecule has 4 rings (SSSR count). The molecule has 0 fully saturated rings. The number of H-pyrrole nitrogens is 1. The SMILES string of the molecule is Cc1ccc(-c2n[nH]c(=S)n2CC(=O)NC(C)c2ccc(OCc3cccnc3)cc2)cc1. The van der Waals surface area contributed by atoms with Gasteiger partial charge in [0.25, 0.3) is 0 Å². The van der Waals surface area contributed by atoms with Crippen LogP contribution in [0.5, 0.6) is 5.75 Å². The summed E-state index contributed by atoms with van der Waals surface area (Å²) in [6.45, 7) is 4.50. The lowest BCUT2D eigenvalue weighted by Gasteiger charge is -2.16. The second kappa shape index (κ2) is 10.2. The molecular weight excluding hydrogens is 434 g/mol. The van der Waals surface area contributed by atoms with Gasteiger partial charge in [0.1, 0.15) is 18.9 Å². The number of carbonyl (C=O) groups is 1. The van der Waals surface area contributed by atoms with E-state index in [1.807, 2.05) is 74.5 Å². The van der Waals surface area contributed by atoms with Crippen molar-refractivity contribution < 1.29 is 9.53 Å². The highest BCUT2D eigenvalue weighted by Gasteiger charge is 2.15. The zero-order valence-corrected chi connectivity index (χ0v) is 19.3. The van der Waals surface area contributed by atoms with Crippen LogP contribution in [0.4, 0.5) is 0 Å². The number of hydrogen-bond acceptors (Lipinski definition) is 5. The Morgan fingerprint density at radius 1 is 1.15 bits per heavy atom. The molecule has 2 heterocycles. The number of nitrogens with zero attached hydrogens (tertiary/aromatic N) is 3. The van der Waals surface area contributed by atoms with Gasteiger partial charge in [-0.05, 0) is 49.8 Å². The van der Waals surface area contributed by atoms with E-state index in [1.54, 1.807) is 17.0 Å². The molecule has 0 aliphatic heterocycles. The number of aromatic nitrogens is 4. The molecule has 8 heteroatoms. The summed E-state index contributed by atoms with van der Waals surface area (Å²) in [6.07, 6.45) is 3.51. The number of benzene rings is 2. The minimum absolute atomic E-state index is 0.0786. The molecule has 2 aromatic heterocycles. The highest BCUT2D eigenvalue weighted by atomic mass is 32.1. The van der Waals surface area contributed by atoms with Crippen molar-refractivity contribution in [3.63, 3.8) is 0 Å². The van der Waals surface area contributed by atoms with Crippen molar-refractivity contribution >= 4 is 18.1 Å².